The number of benzene rings is 1. The van der Waals surface area contributed by atoms with E-state index in [1.54, 1.807) is 6.92 Å². The monoisotopic (exact) mass is 310 g/mol. The second-order valence-electron chi connectivity index (χ2n) is 4.28. The van der Waals surface area contributed by atoms with E-state index in [1.165, 1.54) is 24.3 Å². The second kappa shape index (κ2) is 7.76. The number of carbonyl (C=O) groups is 1. The predicted octanol–water partition coefficient (Wildman–Crippen LogP) is 1.52. The maximum Gasteiger partial charge on any atom is 0.321 e. The van der Waals surface area contributed by atoms with Crippen LogP contribution in [0.4, 0.5) is 0 Å². The Labute approximate surface area is 125 Å². The molecular formula is C14H18N2O4S. The first-order valence-corrected chi connectivity index (χ1v) is 8.05. The van der Waals surface area contributed by atoms with Gasteiger partial charge in [0.2, 0.25) is 10.0 Å². The molecule has 0 aliphatic heterocycles. The van der Waals surface area contributed by atoms with Crippen molar-refractivity contribution >= 4 is 16.0 Å². The zero-order valence-corrected chi connectivity index (χ0v) is 12.9. The van der Waals surface area contributed by atoms with Crippen molar-refractivity contribution in [2.45, 2.75) is 25.2 Å². The van der Waals surface area contributed by atoms with Crippen molar-refractivity contribution in [3.8, 4) is 6.07 Å². The molecule has 7 heteroatoms. The molecule has 0 bridgehead atoms. The lowest BCUT2D eigenvalue weighted by molar-refractivity contribution is -0.143. The van der Waals surface area contributed by atoms with Crippen LogP contribution in [-0.4, -0.2) is 38.4 Å². The Kier molecular flexibility index (Phi) is 6.34. The summed E-state index contributed by atoms with van der Waals surface area (Å²) in [6.45, 7) is 3.55. The maximum atomic E-state index is 12.5. The Balaban J connectivity index is 3.09. The first-order chi connectivity index (χ1) is 9.95. The quantitative estimate of drug-likeness (QED) is 0.713. The van der Waals surface area contributed by atoms with Crippen LogP contribution in [0.3, 0.4) is 0 Å². The van der Waals surface area contributed by atoms with E-state index in [4.69, 9.17) is 10.00 Å². The van der Waals surface area contributed by atoms with Gasteiger partial charge in [-0.25, -0.2) is 8.42 Å². The number of sulfonamides is 1. The first-order valence-electron chi connectivity index (χ1n) is 6.61. The number of rotatable bonds is 7. The fourth-order valence-corrected chi connectivity index (χ4v) is 3.28. The van der Waals surface area contributed by atoms with Crippen LogP contribution in [0.1, 0.15) is 25.8 Å². The van der Waals surface area contributed by atoms with E-state index in [2.05, 4.69) is 0 Å². The summed E-state index contributed by atoms with van der Waals surface area (Å²) in [5.41, 5.74) is 0.253. The molecule has 0 N–H and O–H groups in total. The zero-order chi connectivity index (χ0) is 15.9. The van der Waals surface area contributed by atoms with Gasteiger partial charge in [0.05, 0.1) is 23.1 Å². The topological polar surface area (TPSA) is 87.5 Å². The Morgan fingerprint density at radius 3 is 2.67 bits per heavy atom. The van der Waals surface area contributed by atoms with Gasteiger partial charge in [-0.2, -0.15) is 9.57 Å². The lowest BCUT2D eigenvalue weighted by Gasteiger charge is -2.20. The highest BCUT2D eigenvalue weighted by molar-refractivity contribution is 7.89. The summed E-state index contributed by atoms with van der Waals surface area (Å²) < 4.78 is 30.9. The van der Waals surface area contributed by atoms with Gasteiger partial charge >= 0.3 is 5.97 Å². The third-order valence-electron chi connectivity index (χ3n) is 2.68. The molecule has 0 heterocycles. The number of hydrogen-bond acceptors (Lipinski definition) is 5. The van der Waals surface area contributed by atoms with Gasteiger partial charge in [-0.3, -0.25) is 4.79 Å². The number of nitrogens with zero attached hydrogens (tertiary/aromatic N) is 2. The molecule has 0 spiro atoms. The van der Waals surface area contributed by atoms with Crippen LogP contribution in [-0.2, 0) is 19.6 Å². The van der Waals surface area contributed by atoms with Crippen LogP contribution in [0.5, 0.6) is 0 Å². The maximum absolute atomic E-state index is 12.5. The summed E-state index contributed by atoms with van der Waals surface area (Å²) in [5.74, 6) is -0.592. The highest BCUT2D eigenvalue weighted by Crippen LogP contribution is 2.17. The highest BCUT2D eigenvalue weighted by Gasteiger charge is 2.26. The number of hydrogen-bond donors (Lipinski definition) is 0. The summed E-state index contributed by atoms with van der Waals surface area (Å²) in [4.78, 5) is 11.5. The van der Waals surface area contributed by atoms with Crippen molar-refractivity contribution in [2.24, 2.45) is 0 Å². The fraction of sp³-hybridized carbons (Fsp3) is 0.429. The Morgan fingerprint density at radius 1 is 1.38 bits per heavy atom. The lowest BCUT2D eigenvalue weighted by Crippen LogP contribution is -2.37. The summed E-state index contributed by atoms with van der Waals surface area (Å²) in [6, 6.07) is 7.62. The lowest BCUT2D eigenvalue weighted by atomic mass is 10.2. The van der Waals surface area contributed by atoms with E-state index in [1.807, 2.05) is 13.0 Å². The molecule has 1 aromatic rings. The Bertz CT molecular complexity index is 635. The highest BCUT2D eigenvalue weighted by atomic mass is 32.2. The molecule has 0 unspecified atom stereocenters. The van der Waals surface area contributed by atoms with Gasteiger partial charge < -0.3 is 4.74 Å². The molecule has 21 heavy (non-hydrogen) atoms. The Morgan fingerprint density at radius 2 is 2.10 bits per heavy atom. The van der Waals surface area contributed by atoms with Crippen molar-refractivity contribution < 1.29 is 17.9 Å². The molecule has 0 atom stereocenters. The summed E-state index contributed by atoms with van der Waals surface area (Å²) in [5, 5.41) is 8.85. The molecule has 0 saturated heterocycles. The van der Waals surface area contributed by atoms with Gasteiger partial charge in [0.25, 0.3) is 0 Å². The minimum absolute atomic E-state index is 0.000650. The van der Waals surface area contributed by atoms with Gasteiger partial charge in [0.1, 0.15) is 6.54 Å². The summed E-state index contributed by atoms with van der Waals surface area (Å²) in [6.07, 6.45) is 0.566. The molecule has 1 rings (SSSR count). The molecular weight excluding hydrogens is 292 g/mol. The van der Waals surface area contributed by atoms with E-state index in [-0.39, 0.29) is 30.2 Å². The van der Waals surface area contributed by atoms with E-state index in [9.17, 15) is 13.2 Å². The third-order valence-corrected chi connectivity index (χ3v) is 4.53. The molecule has 0 aliphatic rings. The van der Waals surface area contributed by atoms with E-state index in [0.717, 1.165) is 4.31 Å². The molecule has 0 aromatic heterocycles. The van der Waals surface area contributed by atoms with Gasteiger partial charge in [-0.05, 0) is 31.5 Å². The van der Waals surface area contributed by atoms with E-state index in [0.29, 0.717) is 6.42 Å². The SMILES string of the molecule is CCCN(CC(=O)OCC)S(=O)(=O)c1cccc(C#N)c1. The third kappa shape index (κ3) is 4.55. The molecule has 114 valence electrons. The van der Waals surface area contributed by atoms with Crippen LogP contribution >= 0.6 is 0 Å². The zero-order valence-electron chi connectivity index (χ0n) is 12.1. The number of nitriles is 1. The van der Waals surface area contributed by atoms with Gasteiger partial charge in [-0.15, -0.1) is 0 Å². The molecule has 0 saturated carbocycles. The molecule has 0 aliphatic carbocycles. The van der Waals surface area contributed by atoms with Gasteiger partial charge in [-0.1, -0.05) is 13.0 Å². The standard InChI is InChI=1S/C14H18N2O4S/c1-3-8-16(11-14(17)20-4-2)21(18,19)13-7-5-6-12(9-13)10-15/h5-7,9H,3-4,8,11H2,1-2H3. The van der Waals surface area contributed by atoms with Crippen LogP contribution < -0.4 is 0 Å². The van der Waals surface area contributed by atoms with Crippen molar-refractivity contribution in [1.82, 2.24) is 4.31 Å². The predicted molar refractivity (Wildman–Crippen MR) is 76.8 cm³/mol. The molecule has 0 amide bonds. The normalized spacial score (nSPS) is 11.1. The molecule has 1 aromatic carbocycles. The van der Waals surface area contributed by atoms with Crippen molar-refractivity contribution in [3.63, 3.8) is 0 Å². The smallest absolute Gasteiger partial charge is 0.321 e. The van der Waals surface area contributed by atoms with Gasteiger partial charge in [0.15, 0.2) is 0 Å². The summed E-state index contributed by atoms with van der Waals surface area (Å²) >= 11 is 0. The van der Waals surface area contributed by atoms with E-state index >= 15 is 0 Å². The van der Waals surface area contributed by atoms with E-state index < -0.39 is 16.0 Å². The van der Waals surface area contributed by atoms with Crippen molar-refractivity contribution in [1.29, 1.82) is 5.26 Å². The molecule has 6 nitrogen and oxygen atoms in total. The van der Waals surface area contributed by atoms with Crippen molar-refractivity contribution in [2.75, 3.05) is 19.7 Å². The number of ether oxygens (including phenoxy) is 1. The average Bonchev–Trinajstić information content (AvgIpc) is 2.47. The minimum Gasteiger partial charge on any atom is -0.465 e. The van der Waals surface area contributed by atoms with Gasteiger partial charge in [0, 0.05) is 6.54 Å². The molecule has 0 radical (unpaired) electrons. The average molecular weight is 310 g/mol. The molecule has 0 fully saturated rings. The van der Waals surface area contributed by atoms with Crippen molar-refractivity contribution in [3.05, 3.63) is 29.8 Å². The number of carbonyl (C=O) groups excluding carboxylic acids is 1. The van der Waals surface area contributed by atoms with Crippen LogP contribution in [0.2, 0.25) is 0 Å². The minimum atomic E-state index is -3.83. The van der Waals surface area contributed by atoms with Crippen LogP contribution in [0.15, 0.2) is 29.2 Å². The second-order valence-corrected chi connectivity index (χ2v) is 6.22. The fourth-order valence-electron chi connectivity index (χ4n) is 1.76. The van der Waals surface area contributed by atoms with Crippen LogP contribution in [0, 0.1) is 11.3 Å². The number of esters is 1. The first kappa shape index (κ1) is 17.1. The Hall–Kier alpha value is -1.91. The summed E-state index contributed by atoms with van der Waals surface area (Å²) in [7, 11) is -3.83. The van der Waals surface area contributed by atoms with Crippen LogP contribution in [0.25, 0.3) is 0 Å². The largest absolute Gasteiger partial charge is 0.465 e.